The van der Waals surface area contributed by atoms with E-state index in [1.54, 1.807) is 0 Å². The SMILES string of the molecule is CCCCCCCCCCCC(=O)OC(CCCCCCCCCCC)CC(=O)NC(CO)CCCNC(=O)C(CCOP(=O)(O)O)NC(=O)CC(O)CCCCCCCCCCC. The molecule has 0 bridgehead atoms. The first-order valence-corrected chi connectivity index (χ1v) is 27.4. The number of hydrogen-bond donors (Lipinski definition) is 7. The van der Waals surface area contributed by atoms with Crippen molar-refractivity contribution in [2.24, 2.45) is 0 Å². The Morgan fingerprint density at radius 2 is 1.00 bits per heavy atom. The third-order valence-electron chi connectivity index (χ3n) is 11.8. The summed E-state index contributed by atoms with van der Waals surface area (Å²) in [5.41, 5.74) is 0. The molecule has 0 aromatic carbocycles. The van der Waals surface area contributed by atoms with Crippen molar-refractivity contribution in [3.8, 4) is 0 Å². The summed E-state index contributed by atoms with van der Waals surface area (Å²) in [7, 11) is -4.80. The number of phosphoric ester groups is 1. The number of phosphoric acid groups is 1. The van der Waals surface area contributed by atoms with E-state index in [0.29, 0.717) is 32.1 Å². The minimum Gasteiger partial charge on any atom is -0.462 e. The van der Waals surface area contributed by atoms with Gasteiger partial charge in [-0.05, 0) is 38.5 Å². The highest BCUT2D eigenvalue weighted by Crippen LogP contribution is 2.35. The highest BCUT2D eigenvalue weighted by atomic mass is 31.2. The van der Waals surface area contributed by atoms with Gasteiger partial charge in [-0.1, -0.05) is 181 Å². The van der Waals surface area contributed by atoms with Gasteiger partial charge >= 0.3 is 13.8 Å². The number of rotatable bonds is 47. The average Bonchev–Trinajstić information content (AvgIpc) is 3.24. The summed E-state index contributed by atoms with van der Waals surface area (Å²) in [4.78, 5) is 70.2. The quantitative estimate of drug-likeness (QED) is 0.0173. The van der Waals surface area contributed by atoms with E-state index in [9.17, 15) is 34.0 Å². The minimum absolute atomic E-state index is 0.000293. The molecule has 0 aliphatic heterocycles. The van der Waals surface area contributed by atoms with Crippen LogP contribution in [0.5, 0.6) is 0 Å². The molecule has 0 rings (SSSR count). The molecule has 3 amide bonds. The van der Waals surface area contributed by atoms with Gasteiger partial charge < -0.3 is 40.7 Å². The summed E-state index contributed by atoms with van der Waals surface area (Å²) >= 11 is 0. The second-order valence-corrected chi connectivity index (χ2v) is 19.3. The number of aliphatic hydroxyl groups is 2. The van der Waals surface area contributed by atoms with E-state index in [1.165, 1.54) is 109 Å². The van der Waals surface area contributed by atoms with E-state index in [-0.39, 0.29) is 44.3 Å². The third-order valence-corrected chi connectivity index (χ3v) is 12.3. The Balaban J connectivity index is 5.00. The number of ether oxygens (including phenoxy) is 1. The molecule has 378 valence electrons. The number of aliphatic hydroxyl groups excluding tert-OH is 2. The summed E-state index contributed by atoms with van der Waals surface area (Å²) in [6.07, 6.45) is 31.1. The summed E-state index contributed by atoms with van der Waals surface area (Å²) in [5, 5.41) is 28.7. The highest BCUT2D eigenvalue weighted by molar-refractivity contribution is 7.46. The molecule has 0 spiro atoms. The van der Waals surface area contributed by atoms with Crippen LogP contribution in [0.1, 0.15) is 245 Å². The van der Waals surface area contributed by atoms with Gasteiger partial charge in [0.25, 0.3) is 0 Å². The Bertz CT molecular complexity index is 1190. The molecule has 0 aromatic rings. The standard InChI is InChI=1S/C49H96N3O11P/c1-4-7-10-13-16-19-22-25-28-33-43(54)39-46(55)52-45(36-38-62-64(59,60)61)49(58)50-37-31-32-42(41-53)51-47(56)40-44(34-29-26-23-20-17-14-11-8-5-2)63-48(57)35-30-27-24-21-18-15-12-9-6-3/h42-45,53-54H,4-41H2,1-3H3,(H,50,58)(H,51,56)(H,52,55)(H2,59,60,61). The van der Waals surface area contributed by atoms with Crippen LogP contribution >= 0.6 is 7.82 Å². The van der Waals surface area contributed by atoms with Crippen LogP contribution in [0.3, 0.4) is 0 Å². The van der Waals surface area contributed by atoms with Crippen molar-refractivity contribution >= 4 is 31.5 Å². The van der Waals surface area contributed by atoms with Crippen molar-refractivity contribution in [1.29, 1.82) is 0 Å². The van der Waals surface area contributed by atoms with Gasteiger partial charge in [0.15, 0.2) is 0 Å². The molecule has 0 radical (unpaired) electrons. The van der Waals surface area contributed by atoms with E-state index in [0.717, 1.165) is 64.2 Å². The largest absolute Gasteiger partial charge is 0.469 e. The van der Waals surface area contributed by atoms with Crippen LogP contribution in [0.25, 0.3) is 0 Å². The summed E-state index contributed by atoms with van der Waals surface area (Å²) < 4.78 is 21.6. The molecule has 0 aromatic heterocycles. The Labute approximate surface area is 389 Å². The maximum Gasteiger partial charge on any atom is 0.469 e. The third kappa shape index (κ3) is 41.3. The Morgan fingerprint density at radius 1 is 0.547 bits per heavy atom. The zero-order chi connectivity index (χ0) is 47.5. The van der Waals surface area contributed by atoms with Crippen LogP contribution in [0.4, 0.5) is 0 Å². The zero-order valence-electron chi connectivity index (χ0n) is 40.8. The lowest BCUT2D eigenvalue weighted by atomic mass is 10.0. The number of amides is 3. The van der Waals surface area contributed by atoms with Crippen LogP contribution in [-0.4, -0.2) is 87.7 Å². The molecule has 7 N–H and O–H groups in total. The van der Waals surface area contributed by atoms with Crippen molar-refractivity contribution < 1.29 is 53.0 Å². The molecule has 15 heteroatoms. The number of unbranched alkanes of at least 4 members (excludes halogenated alkanes) is 24. The maximum absolute atomic E-state index is 13.2. The Morgan fingerprint density at radius 3 is 1.48 bits per heavy atom. The van der Waals surface area contributed by atoms with Crippen molar-refractivity contribution in [3.05, 3.63) is 0 Å². The second-order valence-electron chi connectivity index (χ2n) is 18.1. The molecular weight excluding hydrogens is 838 g/mol. The lowest BCUT2D eigenvalue weighted by Gasteiger charge is -2.21. The van der Waals surface area contributed by atoms with Gasteiger partial charge in [0.2, 0.25) is 17.7 Å². The topological polar surface area (TPSA) is 221 Å². The summed E-state index contributed by atoms with van der Waals surface area (Å²) in [6.45, 7) is 5.93. The maximum atomic E-state index is 13.2. The fraction of sp³-hybridized carbons (Fsp3) is 0.918. The van der Waals surface area contributed by atoms with Gasteiger partial charge in [-0.3, -0.25) is 23.7 Å². The molecule has 0 aliphatic carbocycles. The van der Waals surface area contributed by atoms with Crippen molar-refractivity contribution in [1.82, 2.24) is 16.0 Å². The Kier molecular flexibility index (Phi) is 42.1. The van der Waals surface area contributed by atoms with Gasteiger partial charge in [0, 0.05) is 19.4 Å². The monoisotopic (exact) mass is 934 g/mol. The van der Waals surface area contributed by atoms with Crippen LogP contribution in [0.2, 0.25) is 0 Å². The molecule has 0 heterocycles. The molecule has 0 fully saturated rings. The van der Waals surface area contributed by atoms with E-state index < -0.39 is 50.5 Å². The second kappa shape index (κ2) is 43.5. The molecule has 0 aliphatic rings. The normalized spacial score (nSPS) is 13.5. The molecule has 14 nitrogen and oxygen atoms in total. The van der Waals surface area contributed by atoms with E-state index in [4.69, 9.17) is 14.5 Å². The predicted molar refractivity (Wildman–Crippen MR) is 256 cm³/mol. The molecule has 64 heavy (non-hydrogen) atoms. The molecular formula is C49H96N3O11P. The number of nitrogens with one attached hydrogen (secondary N) is 3. The minimum atomic E-state index is -4.80. The first-order valence-electron chi connectivity index (χ1n) is 25.9. The number of esters is 1. The van der Waals surface area contributed by atoms with Crippen molar-refractivity contribution in [3.63, 3.8) is 0 Å². The first kappa shape index (κ1) is 61.9. The first-order chi connectivity index (χ1) is 30.8. The molecule has 4 atom stereocenters. The van der Waals surface area contributed by atoms with Gasteiger partial charge in [-0.2, -0.15) is 0 Å². The van der Waals surface area contributed by atoms with Crippen LogP contribution < -0.4 is 16.0 Å². The van der Waals surface area contributed by atoms with Crippen LogP contribution in [0.15, 0.2) is 0 Å². The van der Waals surface area contributed by atoms with Crippen molar-refractivity contribution in [2.45, 2.75) is 270 Å². The lowest BCUT2D eigenvalue weighted by Crippen LogP contribution is -2.48. The summed E-state index contributed by atoms with van der Waals surface area (Å²) in [6, 6.07) is -1.77. The molecule has 4 unspecified atom stereocenters. The lowest BCUT2D eigenvalue weighted by molar-refractivity contribution is -0.151. The van der Waals surface area contributed by atoms with Crippen LogP contribution in [0, 0.1) is 0 Å². The van der Waals surface area contributed by atoms with Gasteiger partial charge in [0.1, 0.15) is 12.1 Å². The number of hydrogen-bond acceptors (Lipinski definition) is 9. The fourth-order valence-electron chi connectivity index (χ4n) is 7.91. The highest BCUT2D eigenvalue weighted by Gasteiger charge is 2.25. The van der Waals surface area contributed by atoms with Gasteiger partial charge in [0.05, 0.1) is 38.2 Å². The van der Waals surface area contributed by atoms with Crippen LogP contribution in [-0.2, 0) is 33.0 Å². The van der Waals surface area contributed by atoms with Gasteiger partial charge in [-0.15, -0.1) is 0 Å². The average molecular weight is 934 g/mol. The molecule has 0 saturated carbocycles. The van der Waals surface area contributed by atoms with Gasteiger partial charge in [-0.25, -0.2) is 4.57 Å². The van der Waals surface area contributed by atoms with E-state index in [1.807, 2.05) is 0 Å². The number of carbonyl (C=O) groups excluding carboxylic acids is 4. The summed E-state index contributed by atoms with van der Waals surface area (Å²) in [5.74, 6) is -1.76. The van der Waals surface area contributed by atoms with E-state index >= 15 is 0 Å². The fourth-order valence-corrected chi connectivity index (χ4v) is 8.26. The Hall–Kier alpha value is -2.09. The smallest absolute Gasteiger partial charge is 0.462 e. The zero-order valence-corrected chi connectivity index (χ0v) is 41.7. The molecule has 0 saturated heterocycles. The number of carbonyl (C=O) groups is 4. The predicted octanol–water partition coefficient (Wildman–Crippen LogP) is 10.2. The van der Waals surface area contributed by atoms with Crippen molar-refractivity contribution in [2.75, 3.05) is 19.8 Å². The van der Waals surface area contributed by atoms with E-state index in [2.05, 4.69) is 41.2 Å².